The molecule has 0 spiro atoms. The summed E-state index contributed by atoms with van der Waals surface area (Å²) in [6, 6.07) is 3.65. The molecule has 1 aromatic carbocycles. The molecular weight excluding hydrogens is 297 g/mol. The molecule has 0 radical (unpaired) electrons. The van der Waals surface area contributed by atoms with Gasteiger partial charge in [-0.05, 0) is 42.3 Å². The van der Waals surface area contributed by atoms with Gasteiger partial charge in [-0.15, -0.1) is 11.3 Å². The minimum Gasteiger partial charge on any atom is -0.397 e. The average Bonchev–Trinajstić information content (AvgIpc) is 2.90. The van der Waals surface area contributed by atoms with Crippen molar-refractivity contribution in [2.24, 2.45) is 0 Å². The Labute approximate surface area is 125 Å². The van der Waals surface area contributed by atoms with Gasteiger partial charge in [-0.3, -0.25) is 0 Å². The van der Waals surface area contributed by atoms with Crippen LogP contribution in [0.5, 0.6) is 0 Å². The van der Waals surface area contributed by atoms with Crippen LogP contribution in [0, 0.1) is 5.82 Å². The van der Waals surface area contributed by atoms with Gasteiger partial charge in [0.15, 0.2) is 5.82 Å². The highest BCUT2D eigenvalue weighted by molar-refractivity contribution is 7.10. The number of aryl methyl sites for hydroxylation is 1. The Morgan fingerprint density at radius 1 is 1.35 bits per heavy atom. The predicted molar refractivity (Wildman–Crippen MR) is 83.9 cm³/mol. The molecule has 0 saturated carbocycles. The van der Waals surface area contributed by atoms with Crippen LogP contribution in [0.25, 0.3) is 0 Å². The molecule has 0 saturated heterocycles. The first-order valence-electron chi connectivity index (χ1n) is 6.43. The molecule has 3 rings (SSSR count). The van der Waals surface area contributed by atoms with Crippen molar-refractivity contribution in [2.75, 3.05) is 16.8 Å². The molecule has 0 amide bonds. The van der Waals surface area contributed by atoms with Crippen molar-refractivity contribution < 1.29 is 4.39 Å². The third kappa shape index (κ3) is 2.21. The van der Waals surface area contributed by atoms with Crippen LogP contribution in [0.1, 0.15) is 29.3 Å². The Morgan fingerprint density at radius 3 is 2.95 bits per heavy atom. The van der Waals surface area contributed by atoms with Gasteiger partial charge in [-0.25, -0.2) is 4.39 Å². The number of thiophene rings is 1. The fraction of sp³-hybridized carbons (Fsp3) is 0.286. The lowest BCUT2D eigenvalue weighted by Gasteiger charge is -2.26. The average molecular weight is 312 g/mol. The zero-order chi connectivity index (χ0) is 14.3. The van der Waals surface area contributed by atoms with Crippen LogP contribution in [0.2, 0.25) is 5.02 Å². The van der Waals surface area contributed by atoms with E-state index < -0.39 is 5.82 Å². The molecule has 0 fully saturated rings. The smallest absolute Gasteiger partial charge is 0.169 e. The molecule has 0 aliphatic heterocycles. The van der Waals surface area contributed by atoms with E-state index in [0.29, 0.717) is 0 Å². The molecule has 1 heterocycles. The number of hydrogen-bond acceptors (Lipinski definition) is 4. The lowest BCUT2D eigenvalue weighted by atomic mass is 9.93. The van der Waals surface area contributed by atoms with Crippen LogP contribution in [0.3, 0.4) is 0 Å². The summed E-state index contributed by atoms with van der Waals surface area (Å²) in [5, 5.41) is 5.18. The van der Waals surface area contributed by atoms with Gasteiger partial charge in [0, 0.05) is 4.88 Å². The van der Waals surface area contributed by atoms with Crippen LogP contribution in [-0.2, 0) is 6.42 Å². The second-order valence-electron chi connectivity index (χ2n) is 4.95. The highest BCUT2D eigenvalue weighted by Gasteiger charge is 2.24. The summed E-state index contributed by atoms with van der Waals surface area (Å²) in [5.74, 6) is -0.577. The number of anilines is 3. The van der Waals surface area contributed by atoms with Crippen molar-refractivity contribution in [3.05, 3.63) is 38.8 Å². The number of nitrogen functional groups attached to an aromatic ring is 2. The van der Waals surface area contributed by atoms with E-state index in [0.717, 1.165) is 19.3 Å². The Balaban J connectivity index is 1.96. The highest BCUT2D eigenvalue weighted by Crippen LogP contribution is 2.39. The number of nitrogens with two attached hydrogens (primary N) is 2. The number of hydrogen-bond donors (Lipinski definition) is 3. The maximum Gasteiger partial charge on any atom is 0.169 e. The molecule has 1 aliphatic rings. The number of nitrogens with one attached hydrogen (secondary N) is 1. The quantitative estimate of drug-likeness (QED) is 0.728. The van der Waals surface area contributed by atoms with Crippen LogP contribution in [-0.4, -0.2) is 0 Å². The van der Waals surface area contributed by atoms with E-state index in [4.69, 9.17) is 23.1 Å². The molecule has 106 valence electrons. The van der Waals surface area contributed by atoms with Gasteiger partial charge in [-0.2, -0.15) is 0 Å². The molecule has 3 nitrogen and oxygen atoms in total. The Morgan fingerprint density at radius 2 is 2.15 bits per heavy atom. The second-order valence-corrected chi connectivity index (χ2v) is 6.32. The van der Waals surface area contributed by atoms with Crippen molar-refractivity contribution >= 4 is 40.0 Å². The van der Waals surface area contributed by atoms with E-state index in [2.05, 4.69) is 16.8 Å². The standard InChI is InChI=1S/C14H15ClFN3S/c15-12-8(17)6-9(18)14(13(12)16)19-10-2-1-3-11-7(10)4-5-20-11/h4-6,10,19H,1-3,17-18H2. The summed E-state index contributed by atoms with van der Waals surface area (Å²) in [6.07, 6.45) is 3.12. The van der Waals surface area contributed by atoms with E-state index in [-0.39, 0.29) is 28.1 Å². The maximum atomic E-state index is 14.2. The molecule has 5 N–H and O–H groups in total. The van der Waals surface area contributed by atoms with Crippen molar-refractivity contribution in [2.45, 2.75) is 25.3 Å². The first-order chi connectivity index (χ1) is 9.58. The van der Waals surface area contributed by atoms with Gasteiger partial charge in [0.25, 0.3) is 0 Å². The molecule has 1 unspecified atom stereocenters. The number of halogens is 2. The van der Waals surface area contributed by atoms with E-state index >= 15 is 0 Å². The van der Waals surface area contributed by atoms with Crippen molar-refractivity contribution in [3.8, 4) is 0 Å². The summed E-state index contributed by atoms with van der Waals surface area (Å²) in [5.41, 5.74) is 13.4. The molecule has 0 bridgehead atoms. The van der Waals surface area contributed by atoms with Crippen LogP contribution < -0.4 is 16.8 Å². The minimum absolute atomic E-state index is 0.0708. The largest absolute Gasteiger partial charge is 0.397 e. The molecule has 20 heavy (non-hydrogen) atoms. The Kier molecular flexibility index (Phi) is 3.48. The van der Waals surface area contributed by atoms with Gasteiger partial charge in [0.1, 0.15) is 5.02 Å². The van der Waals surface area contributed by atoms with Crippen LogP contribution in [0.4, 0.5) is 21.5 Å². The molecule has 1 aromatic heterocycles. The zero-order valence-corrected chi connectivity index (χ0v) is 12.3. The van der Waals surface area contributed by atoms with Crippen molar-refractivity contribution in [3.63, 3.8) is 0 Å². The monoisotopic (exact) mass is 311 g/mol. The van der Waals surface area contributed by atoms with E-state index in [1.165, 1.54) is 16.5 Å². The van der Waals surface area contributed by atoms with Crippen LogP contribution >= 0.6 is 22.9 Å². The van der Waals surface area contributed by atoms with E-state index in [1.807, 2.05) is 0 Å². The van der Waals surface area contributed by atoms with Gasteiger partial charge in [-0.1, -0.05) is 11.6 Å². The predicted octanol–water partition coefficient (Wildman–Crippen LogP) is 4.19. The summed E-state index contributed by atoms with van der Waals surface area (Å²) in [6.45, 7) is 0. The van der Waals surface area contributed by atoms with E-state index in [1.54, 1.807) is 11.3 Å². The van der Waals surface area contributed by atoms with E-state index in [9.17, 15) is 4.39 Å². The maximum absolute atomic E-state index is 14.2. The van der Waals surface area contributed by atoms with Crippen LogP contribution in [0.15, 0.2) is 17.5 Å². The second kappa shape index (κ2) is 5.14. The van der Waals surface area contributed by atoms with Crippen molar-refractivity contribution in [1.29, 1.82) is 0 Å². The first kappa shape index (κ1) is 13.5. The normalized spacial score (nSPS) is 17.8. The Bertz CT molecular complexity index is 656. The number of rotatable bonds is 2. The summed E-state index contributed by atoms with van der Waals surface area (Å²) in [4.78, 5) is 1.36. The summed E-state index contributed by atoms with van der Waals surface area (Å²) < 4.78 is 14.2. The summed E-state index contributed by atoms with van der Waals surface area (Å²) in [7, 11) is 0. The molecule has 1 aliphatic carbocycles. The molecule has 1 atom stereocenters. The van der Waals surface area contributed by atoms with Gasteiger partial charge >= 0.3 is 0 Å². The third-order valence-corrected chi connectivity index (χ3v) is 5.02. The highest BCUT2D eigenvalue weighted by atomic mass is 35.5. The summed E-state index contributed by atoms with van der Waals surface area (Å²) >= 11 is 7.60. The number of benzene rings is 1. The third-order valence-electron chi connectivity index (χ3n) is 3.64. The molecule has 6 heteroatoms. The lowest BCUT2D eigenvalue weighted by Crippen LogP contribution is -2.17. The zero-order valence-electron chi connectivity index (χ0n) is 10.7. The van der Waals surface area contributed by atoms with Gasteiger partial charge in [0.05, 0.1) is 23.1 Å². The Hall–Kier alpha value is -1.46. The fourth-order valence-electron chi connectivity index (χ4n) is 2.62. The topological polar surface area (TPSA) is 64.1 Å². The SMILES string of the molecule is Nc1cc(N)c(NC2CCCc3sccc32)c(F)c1Cl. The molecule has 2 aromatic rings. The molecular formula is C14H15ClFN3S. The van der Waals surface area contributed by atoms with Gasteiger partial charge < -0.3 is 16.8 Å². The minimum atomic E-state index is -0.577. The first-order valence-corrected chi connectivity index (χ1v) is 7.69. The lowest BCUT2D eigenvalue weighted by molar-refractivity contribution is 0.593. The van der Waals surface area contributed by atoms with Crippen molar-refractivity contribution in [1.82, 2.24) is 0 Å². The number of fused-ring (bicyclic) bond motifs is 1. The van der Waals surface area contributed by atoms with Gasteiger partial charge in [0.2, 0.25) is 0 Å². The fourth-order valence-corrected chi connectivity index (χ4v) is 3.76.